The van der Waals surface area contributed by atoms with E-state index in [0.717, 1.165) is 5.56 Å². The number of benzene rings is 1. The van der Waals surface area contributed by atoms with Gasteiger partial charge in [0.1, 0.15) is 5.75 Å². The summed E-state index contributed by atoms with van der Waals surface area (Å²) in [6.45, 7) is 6.26. The van der Waals surface area contributed by atoms with Gasteiger partial charge in [-0.1, -0.05) is 26.8 Å². The van der Waals surface area contributed by atoms with Crippen LogP contribution in [0.15, 0.2) is 18.2 Å². The van der Waals surface area contributed by atoms with Crippen LogP contribution in [0.1, 0.15) is 32.8 Å². The summed E-state index contributed by atoms with van der Waals surface area (Å²) < 4.78 is 28.3. The standard InChI is InChI=1S/C16H23NO4S/c1-16(2,3)12-5-6-14(21-4)13(9-12)17-15(18)11-7-8-22(19,20)10-11/h5-6,9,11H,7-8,10H2,1-4H3,(H,17,18). The SMILES string of the molecule is COc1ccc(C(C)(C)C)cc1NC(=O)C1CCS(=O)(=O)C1. The molecule has 1 aromatic carbocycles. The number of hydrogen-bond donors (Lipinski definition) is 1. The maximum Gasteiger partial charge on any atom is 0.228 e. The van der Waals surface area contributed by atoms with Crippen LogP contribution in [0.4, 0.5) is 5.69 Å². The minimum Gasteiger partial charge on any atom is -0.495 e. The minimum atomic E-state index is -3.07. The molecule has 1 N–H and O–H groups in total. The van der Waals surface area contributed by atoms with E-state index < -0.39 is 15.8 Å². The maximum absolute atomic E-state index is 12.3. The van der Waals surface area contributed by atoms with Crippen LogP contribution in [0, 0.1) is 5.92 Å². The molecule has 1 aliphatic rings. The van der Waals surface area contributed by atoms with E-state index in [1.165, 1.54) is 0 Å². The molecule has 1 amide bonds. The van der Waals surface area contributed by atoms with Crippen LogP contribution < -0.4 is 10.1 Å². The Balaban J connectivity index is 2.23. The fourth-order valence-electron chi connectivity index (χ4n) is 2.51. The first-order valence-electron chi connectivity index (χ1n) is 7.32. The summed E-state index contributed by atoms with van der Waals surface area (Å²) >= 11 is 0. The molecule has 1 aliphatic heterocycles. The summed E-state index contributed by atoms with van der Waals surface area (Å²) in [5, 5.41) is 2.83. The van der Waals surface area contributed by atoms with Gasteiger partial charge in [0.25, 0.3) is 0 Å². The molecule has 1 heterocycles. The first-order chi connectivity index (χ1) is 10.1. The number of anilines is 1. The van der Waals surface area contributed by atoms with Crippen LogP contribution in [0.2, 0.25) is 0 Å². The van der Waals surface area contributed by atoms with Crippen molar-refractivity contribution < 1.29 is 17.9 Å². The van der Waals surface area contributed by atoms with Gasteiger partial charge in [-0.15, -0.1) is 0 Å². The summed E-state index contributed by atoms with van der Waals surface area (Å²) in [6, 6.07) is 5.68. The average molecular weight is 325 g/mol. The van der Waals surface area contributed by atoms with Gasteiger partial charge in [-0.25, -0.2) is 8.42 Å². The average Bonchev–Trinajstić information content (AvgIpc) is 2.78. The van der Waals surface area contributed by atoms with E-state index in [9.17, 15) is 13.2 Å². The second-order valence-corrected chi connectivity index (χ2v) is 8.98. The summed E-state index contributed by atoms with van der Waals surface area (Å²) in [5.74, 6) is -0.148. The topological polar surface area (TPSA) is 72.5 Å². The van der Waals surface area contributed by atoms with Gasteiger partial charge in [-0.05, 0) is 29.5 Å². The van der Waals surface area contributed by atoms with Crippen LogP contribution in [-0.2, 0) is 20.0 Å². The van der Waals surface area contributed by atoms with Crippen molar-refractivity contribution in [1.82, 2.24) is 0 Å². The van der Waals surface area contributed by atoms with E-state index in [1.807, 2.05) is 18.2 Å². The highest BCUT2D eigenvalue weighted by atomic mass is 32.2. The lowest BCUT2D eigenvalue weighted by Gasteiger charge is -2.21. The third-order valence-electron chi connectivity index (χ3n) is 3.93. The number of carbonyl (C=O) groups is 1. The Hall–Kier alpha value is -1.56. The van der Waals surface area contributed by atoms with E-state index in [4.69, 9.17) is 4.74 Å². The monoisotopic (exact) mass is 325 g/mol. The predicted octanol–water partition coefficient (Wildman–Crippen LogP) is 2.37. The van der Waals surface area contributed by atoms with Crippen molar-refractivity contribution in [3.05, 3.63) is 23.8 Å². The zero-order chi connectivity index (χ0) is 16.5. The number of methoxy groups -OCH3 is 1. The third kappa shape index (κ3) is 3.80. The van der Waals surface area contributed by atoms with Gasteiger partial charge >= 0.3 is 0 Å². The molecule has 5 nitrogen and oxygen atoms in total. The van der Waals surface area contributed by atoms with Gasteiger partial charge in [-0.3, -0.25) is 4.79 Å². The Labute approximate surface area is 132 Å². The van der Waals surface area contributed by atoms with Crippen molar-refractivity contribution >= 4 is 21.4 Å². The smallest absolute Gasteiger partial charge is 0.228 e. The molecule has 2 rings (SSSR count). The van der Waals surface area contributed by atoms with Gasteiger partial charge in [0.05, 0.1) is 30.2 Å². The second-order valence-electron chi connectivity index (χ2n) is 6.75. The quantitative estimate of drug-likeness (QED) is 0.926. The normalized spacial score (nSPS) is 20.6. The van der Waals surface area contributed by atoms with Crippen LogP contribution >= 0.6 is 0 Å². The molecule has 22 heavy (non-hydrogen) atoms. The van der Waals surface area contributed by atoms with Crippen molar-refractivity contribution in [3.63, 3.8) is 0 Å². The van der Waals surface area contributed by atoms with Crippen LogP contribution in [0.3, 0.4) is 0 Å². The highest BCUT2D eigenvalue weighted by Crippen LogP contribution is 2.32. The van der Waals surface area contributed by atoms with Gasteiger partial charge in [0.15, 0.2) is 9.84 Å². The molecule has 0 aliphatic carbocycles. The van der Waals surface area contributed by atoms with Crippen LogP contribution in [0.5, 0.6) is 5.75 Å². The lowest BCUT2D eigenvalue weighted by atomic mass is 9.86. The summed E-state index contributed by atoms with van der Waals surface area (Å²) in [4.78, 5) is 12.3. The van der Waals surface area contributed by atoms with Gasteiger partial charge < -0.3 is 10.1 Å². The van der Waals surface area contributed by atoms with Crippen molar-refractivity contribution in [2.75, 3.05) is 23.9 Å². The summed E-state index contributed by atoms with van der Waals surface area (Å²) in [7, 11) is -1.53. The molecule has 1 saturated heterocycles. The lowest BCUT2D eigenvalue weighted by molar-refractivity contribution is -0.119. The molecule has 0 saturated carbocycles. The zero-order valence-electron chi connectivity index (χ0n) is 13.5. The number of rotatable bonds is 3. The molecule has 0 aromatic heterocycles. The minimum absolute atomic E-state index is 0.0531. The van der Waals surface area contributed by atoms with E-state index in [1.54, 1.807) is 7.11 Å². The van der Waals surface area contributed by atoms with E-state index in [-0.39, 0.29) is 22.8 Å². The third-order valence-corrected chi connectivity index (χ3v) is 5.69. The Bertz CT molecular complexity index is 674. The Kier molecular flexibility index (Phi) is 4.52. The van der Waals surface area contributed by atoms with Crippen LogP contribution in [-0.4, -0.2) is 32.9 Å². The summed E-state index contributed by atoms with van der Waals surface area (Å²) in [5.41, 5.74) is 1.61. The van der Waals surface area contributed by atoms with Gasteiger partial charge in [0.2, 0.25) is 5.91 Å². The molecule has 1 atom stereocenters. The molecule has 0 bridgehead atoms. The van der Waals surface area contributed by atoms with Crippen molar-refractivity contribution in [2.45, 2.75) is 32.6 Å². The molecule has 1 unspecified atom stereocenters. The largest absolute Gasteiger partial charge is 0.495 e. The first kappa shape index (κ1) is 16.8. The first-order valence-corrected chi connectivity index (χ1v) is 9.14. The molecule has 0 spiro atoms. The Morgan fingerprint density at radius 2 is 2.00 bits per heavy atom. The number of nitrogens with one attached hydrogen (secondary N) is 1. The molecule has 1 fully saturated rings. The fourth-order valence-corrected chi connectivity index (χ4v) is 4.25. The number of ether oxygens (including phenoxy) is 1. The molecule has 6 heteroatoms. The number of carbonyl (C=O) groups excluding carboxylic acids is 1. The summed E-state index contributed by atoms with van der Waals surface area (Å²) in [6.07, 6.45) is 0.384. The van der Waals surface area contributed by atoms with E-state index >= 15 is 0 Å². The highest BCUT2D eigenvalue weighted by molar-refractivity contribution is 7.91. The van der Waals surface area contributed by atoms with E-state index in [0.29, 0.717) is 17.9 Å². The van der Waals surface area contributed by atoms with Crippen molar-refractivity contribution in [2.24, 2.45) is 5.92 Å². The number of sulfone groups is 1. The van der Waals surface area contributed by atoms with Gasteiger partial charge in [0, 0.05) is 0 Å². The number of hydrogen-bond acceptors (Lipinski definition) is 4. The van der Waals surface area contributed by atoms with Crippen molar-refractivity contribution in [3.8, 4) is 5.75 Å². The predicted molar refractivity (Wildman–Crippen MR) is 87.1 cm³/mol. The lowest BCUT2D eigenvalue weighted by Crippen LogP contribution is -2.24. The molecule has 1 aromatic rings. The fraction of sp³-hybridized carbons (Fsp3) is 0.562. The molecular formula is C16H23NO4S. The van der Waals surface area contributed by atoms with Crippen molar-refractivity contribution in [1.29, 1.82) is 0 Å². The second kappa shape index (κ2) is 5.91. The highest BCUT2D eigenvalue weighted by Gasteiger charge is 2.33. The van der Waals surface area contributed by atoms with Crippen LogP contribution in [0.25, 0.3) is 0 Å². The molecule has 122 valence electrons. The zero-order valence-corrected chi connectivity index (χ0v) is 14.3. The number of amides is 1. The maximum atomic E-state index is 12.3. The molecule has 0 radical (unpaired) electrons. The van der Waals surface area contributed by atoms with Gasteiger partial charge in [-0.2, -0.15) is 0 Å². The van der Waals surface area contributed by atoms with E-state index in [2.05, 4.69) is 26.1 Å². The Morgan fingerprint density at radius 1 is 1.32 bits per heavy atom. The molecular weight excluding hydrogens is 302 g/mol. The Morgan fingerprint density at radius 3 is 2.50 bits per heavy atom.